The molecule has 0 spiro atoms. The first-order valence-corrected chi connectivity index (χ1v) is 6.19. The third-order valence-electron chi connectivity index (χ3n) is 2.59. The summed E-state index contributed by atoms with van der Waals surface area (Å²) >= 11 is 0. The first-order chi connectivity index (χ1) is 8.72. The van der Waals surface area contributed by atoms with Crippen LogP contribution in [0.4, 0.5) is 0 Å². The minimum Gasteiger partial charge on any atom is -0.425 e. The quantitative estimate of drug-likeness (QED) is 0.354. The maximum Gasteiger partial charge on any atom is 0.306 e. The Labute approximate surface area is 109 Å². The summed E-state index contributed by atoms with van der Waals surface area (Å²) in [4.78, 5) is 5.77. The van der Waals surface area contributed by atoms with Gasteiger partial charge in [-0.1, -0.05) is 25.1 Å². The lowest BCUT2D eigenvalue weighted by Gasteiger charge is -2.23. The summed E-state index contributed by atoms with van der Waals surface area (Å²) in [6.07, 6.45) is 2.99. The van der Waals surface area contributed by atoms with E-state index in [4.69, 9.17) is 4.74 Å². The van der Waals surface area contributed by atoms with E-state index in [-0.39, 0.29) is 6.04 Å². The molecule has 1 rings (SSSR count). The number of amidine groups is 1. The number of para-hydroxylation sites is 1. The molecule has 1 atom stereocenters. The number of ether oxygens (including phenoxy) is 1. The predicted molar refractivity (Wildman–Crippen MR) is 72.3 cm³/mol. The Kier molecular flexibility index (Phi) is 5.72. The van der Waals surface area contributed by atoms with Crippen molar-refractivity contribution in [1.29, 1.82) is 5.26 Å². The van der Waals surface area contributed by atoms with Crippen molar-refractivity contribution < 1.29 is 4.74 Å². The van der Waals surface area contributed by atoms with Crippen LogP contribution in [0.15, 0.2) is 35.3 Å². The van der Waals surface area contributed by atoms with Crippen LogP contribution in [0.25, 0.3) is 0 Å². The molecule has 0 aliphatic rings. The fourth-order valence-corrected chi connectivity index (χ4v) is 1.40. The van der Waals surface area contributed by atoms with E-state index in [1.807, 2.05) is 51.1 Å². The second-order valence-electron chi connectivity index (χ2n) is 3.90. The topological polar surface area (TPSA) is 48.6 Å². The molecule has 0 heterocycles. The van der Waals surface area contributed by atoms with E-state index in [1.165, 1.54) is 4.90 Å². The molecule has 1 unspecified atom stereocenters. The third-order valence-corrected chi connectivity index (χ3v) is 2.59. The van der Waals surface area contributed by atoms with Crippen molar-refractivity contribution in [3.05, 3.63) is 30.3 Å². The van der Waals surface area contributed by atoms with Gasteiger partial charge in [-0.2, -0.15) is 5.26 Å². The van der Waals surface area contributed by atoms with Crippen LogP contribution >= 0.6 is 0 Å². The summed E-state index contributed by atoms with van der Waals surface area (Å²) in [5.74, 6) is 0.688. The standard InChI is InChI=1S/C14H19N3O/c1-4-12(3)17(11-15)14(16-5-2)18-13-9-7-6-8-10-13/h6-10,12H,4-5H2,1-3H3. The van der Waals surface area contributed by atoms with E-state index >= 15 is 0 Å². The molecule has 0 fully saturated rings. The minimum absolute atomic E-state index is 0.0732. The van der Waals surface area contributed by atoms with Crippen LogP contribution in [-0.2, 0) is 0 Å². The van der Waals surface area contributed by atoms with Crippen molar-refractivity contribution >= 4 is 6.02 Å². The van der Waals surface area contributed by atoms with E-state index in [0.29, 0.717) is 18.3 Å². The Balaban J connectivity index is 2.90. The summed E-state index contributed by atoms with van der Waals surface area (Å²) < 4.78 is 5.68. The van der Waals surface area contributed by atoms with Crippen LogP contribution in [0.2, 0.25) is 0 Å². The van der Waals surface area contributed by atoms with Gasteiger partial charge in [-0.05, 0) is 32.4 Å². The van der Waals surface area contributed by atoms with Crippen molar-refractivity contribution in [1.82, 2.24) is 4.90 Å². The summed E-state index contributed by atoms with van der Waals surface area (Å²) in [5.41, 5.74) is 0. The van der Waals surface area contributed by atoms with Gasteiger partial charge in [0.1, 0.15) is 5.75 Å². The average Bonchev–Trinajstić information content (AvgIpc) is 2.40. The number of benzene rings is 1. The van der Waals surface area contributed by atoms with Gasteiger partial charge in [0.25, 0.3) is 0 Å². The molecule has 18 heavy (non-hydrogen) atoms. The smallest absolute Gasteiger partial charge is 0.306 e. The van der Waals surface area contributed by atoms with Gasteiger partial charge in [-0.15, -0.1) is 0 Å². The second kappa shape index (κ2) is 7.33. The molecule has 0 aliphatic heterocycles. The molecule has 0 radical (unpaired) electrons. The summed E-state index contributed by atoms with van der Waals surface area (Å²) in [6, 6.07) is 9.82. The van der Waals surface area contributed by atoms with Crippen molar-refractivity contribution in [2.45, 2.75) is 33.2 Å². The molecular formula is C14H19N3O. The SMILES string of the molecule is CCN=C(Oc1ccccc1)N(C#N)C(C)CC. The van der Waals surface area contributed by atoms with Gasteiger partial charge in [-0.25, -0.2) is 9.89 Å². The highest BCUT2D eigenvalue weighted by molar-refractivity contribution is 5.78. The van der Waals surface area contributed by atoms with Crippen molar-refractivity contribution in [2.75, 3.05) is 6.54 Å². The lowest BCUT2D eigenvalue weighted by Crippen LogP contribution is -2.37. The van der Waals surface area contributed by atoms with Gasteiger partial charge in [0.05, 0.1) is 0 Å². The fraction of sp³-hybridized carbons (Fsp3) is 0.429. The van der Waals surface area contributed by atoms with Crippen molar-refractivity contribution in [3.63, 3.8) is 0 Å². The molecule has 0 saturated carbocycles. The number of nitrogens with zero attached hydrogens (tertiary/aromatic N) is 3. The molecule has 4 nitrogen and oxygen atoms in total. The fourth-order valence-electron chi connectivity index (χ4n) is 1.40. The monoisotopic (exact) mass is 245 g/mol. The number of rotatable bonds is 4. The van der Waals surface area contributed by atoms with E-state index in [0.717, 1.165) is 6.42 Å². The van der Waals surface area contributed by atoms with E-state index < -0.39 is 0 Å². The molecule has 0 amide bonds. The van der Waals surface area contributed by atoms with Gasteiger partial charge in [0.15, 0.2) is 6.19 Å². The van der Waals surface area contributed by atoms with Crippen LogP contribution in [-0.4, -0.2) is 23.5 Å². The molecule has 4 heteroatoms. The highest BCUT2D eigenvalue weighted by Crippen LogP contribution is 2.12. The number of aliphatic imine (C=N–C) groups is 1. The first kappa shape index (κ1) is 14.0. The normalized spacial score (nSPS) is 12.7. The molecule has 0 aliphatic carbocycles. The Morgan fingerprint density at radius 1 is 1.39 bits per heavy atom. The molecule has 96 valence electrons. The molecule has 0 saturated heterocycles. The van der Waals surface area contributed by atoms with Gasteiger partial charge < -0.3 is 4.74 Å². The Morgan fingerprint density at radius 3 is 2.56 bits per heavy atom. The number of hydrogen-bond acceptors (Lipinski definition) is 3. The summed E-state index contributed by atoms with van der Waals surface area (Å²) in [7, 11) is 0. The minimum atomic E-state index is 0.0732. The Morgan fingerprint density at radius 2 is 2.06 bits per heavy atom. The Hall–Kier alpha value is -2.02. The van der Waals surface area contributed by atoms with Gasteiger partial charge >= 0.3 is 6.02 Å². The second-order valence-corrected chi connectivity index (χ2v) is 3.90. The number of nitriles is 1. The van der Waals surface area contributed by atoms with Gasteiger partial charge in [-0.3, -0.25) is 0 Å². The summed E-state index contributed by atoms with van der Waals surface area (Å²) in [6.45, 7) is 6.50. The molecule has 0 N–H and O–H groups in total. The van der Waals surface area contributed by atoms with Gasteiger partial charge in [0.2, 0.25) is 0 Å². The lowest BCUT2D eigenvalue weighted by molar-refractivity contribution is 0.352. The molecule has 0 bridgehead atoms. The van der Waals surface area contributed by atoms with Crippen molar-refractivity contribution in [2.24, 2.45) is 4.99 Å². The first-order valence-electron chi connectivity index (χ1n) is 6.19. The van der Waals surface area contributed by atoms with Crippen molar-refractivity contribution in [3.8, 4) is 11.9 Å². The van der Waals surface area contributed by atoms with Crippen LogP contribution in [0.5, 0.6) is 5.75 Å². The van der Waals surface area contributed by atoms with E-state index in [9.17, 15) is 5.26 Å². The van der Waals surface area contributed by atoms with Crippen LogP contribution < -0.4 is 4.74 Å². The van der Waals surface area contributed by atoms with Crippen LogP contribution in [0.3, 0.4) is 0 Å². The van der Waals surface area contributed by atoms with Crippen LogP contribution in [0, 0.1) is 11.5 Å². The maximum atomic E-state index is 9.22. The third kappa shape index (κ3) is 3.77. The van der Waals surface area contributed by atoms with Gasteiger partial charge in [0, 0.05) is 12.6 Å². The lowest BCUT2D eigenvalue weighted by atomic mass is 10.2. The molecule has 1 aromatic carbocycles. The zero-order valence-corrected chi connectivity index (χ0v) is 11.1. The molecule has 1 aromatic rings. The van der Waals surface area contributed by atoms with Crippen LogP contribution in [0.1, 0.15) is 27.2 Å². The average molecular weight is 245 g/mol. The molecule has 0 aromatic heterocycles. The zero-order chi connectivity index (χ0) is 13.4. The molecular weight excluding hydrogens is 226 g/mol. The highest BCUT2D eigenvalue weighted by Gasteiger charge is 2.18. The maximum absolute atomic E-state index is 9.22. The summed E-state index contributed by atoms with van der Waals surface area (Å²) in [5, 5.41) is 9.22. The zero-order valence-electron chi connectivity index (χ0n) is 11.1. The number of hydrogen-bond donors (Lipinski definition) is 0. The largest absolute Gasteiger partial charge is 0.425 e. The highest BCUT2D eigenvalue weighted by atomic mass is 16.5. The Bertz CT molecular complexity index is 422. The van der Waals surface area contributed by atoms with E-state index in [1.54, 1.807) is 0 Å². The van der Waals surface area contributed by atoms with E-state index in [2.05, 4.69) is 11.2 Å². The predicted octanol–water partition coefficient (Wildman–Crippen LogP) is 3.02.